The van der Waals surface area contributed by atoms with E-state index in [0.717, 1.165) is 0 Å². The van der Waals surface area contributed by atoms with Gasteiger partial charge in [0.15, 0.2) is 5.78 Å². The third-order valence-electron chi connectivity index (χ3n) is 2.75. The van der Waals surface area contributed by atoms with Crippen LogP contribution in [0.15, 0.2) is 12.2 Å². The van der Waals surface area contributed by atoms with E-state index in [1.807, 2.05) is 13.8 Å². The van der Waals surface area contributed by atoms with Crippen molar-refractivity contribution < 1.29 is 19.6 Å². The second-order valence-electron chi connectivity index (χ2n) is 5.40. The first-order valence-corrected chi connectivity index (χ1v) is 6.73. The molecule has 0 aliphatic heterocycles. The van der Waals surface area contributed by atoms with Crippen molar-refractivity contribution in [1.29, 1.82) is 0 Å². The van der Waals surface area contributed by atoms with Gasteiger partial charge in [0.25, 0.3) is 5.91 Å². The summed E-state index contributed by atoms with van der Waals surface area (Å²) >= 11 is 0. The van der Waals surface area contributed by atoms with Crippen molar-refractivity contribution in [1.82, 2.24) is 14.9 Å². The smallest absolute Gasteiger partial charge is 0.260 e. The van der Waals surface area contributed by atoms with Crippen LogP contribution < -0.4 is 0 Å². The molecule has 21 heavy (non-hydrogen) atoms. The SMILES string of the molecule is CC(C)C(=O)/C=C/CN(C)CC(=O)N(O)CC(=O)N(C)C. The first-order chi connectivity index (χ1) is 9.65. The minimum Gasteiger partial charge on any atom is -0.347 e. The van der Waals surface area contributed by atoms with Crippen LogP contribution in [0.25, 0.3) is 0 Å². The number of rotatable bonds is 8. The highest BCUT2D eigenvalue weighted by molar-refractivity contribution is 5.91. The first-order valence-electron chi connectivity index (χ1n) is 6.73. The Bertz CT molecular complexity index is 405. The van der Waals surface area contributed by atoms with E-state index in [4.69, 9.17) is 0 Å². The van der Waals surface area contributed by atoms with Gasteiger partial charge < -0.3 is 4.90 Å². The molecule has 0 heterocycles. The molecule has 1 N–H and O–H groups in total. The van der Waals surface area contributed by atoms with Gasteiger partial charge in [0.1, 0.15) is 6.54 Å². The number of ketones is 1. The van der Waals surface area contributed by atoms with E-state index in [1.165, 1.54) is 11.0 Å². The Labute approximate surface area is 125 Å². The molecule has 0 radical (unpaired) electrons. The minimum atomic E-state index is -0.573. The van der Waals surface area contributed by atoms with E-state index in [9.17, 15) is 19.6 Å². The molecular formula is C14H25N3O4. The Hall–Kier alpha value is -1.73. The fraction of sp³-hybridized carbons (Fsp3) is 0.643. The van der Waals surface area contributed by atoms with E-state index >= 15 is 0 Å². The topological polar surface area (TPSA) is 81.2 Å². The minimum absolute atomic E-state index is 0.0232. The summed E-state index contributed by atoms with van der Waals surface area (Å²) in [6.45, 7) is 3.61. The van der Waals surface area contributed by atoms with Crippen LogP contribution in [0.3, 0.4) is 0 Å². The van der Waals surface area contributed by atoms with Crippen molar-refractivity contribution in [3.05, 3.63) is 12.2 Å². The van der Waals surface area contributed by atoms with Crippen LogP contribution in [-0.4, -0.2) is 78.4 Å². The fourth-order valence-corrected chi connectivity index (χ4v) is 1.28. The maximum atomic E-state index is 11.7. The van der Waals surface area contributed by atoms with Gasteiger partial charge in [-0.25, -0.2) is 5.06 Å². The van der Waals surface area contributed by atoms with E-state index in [0.29, 0.717) is 11.6 Å². The predicted molar refractivity (Wildman–Crippen MR) is 78.7 cm³/mol. The number of hydrogen-bond acceptors (Lipinski definition) is 5. The van der Waals surface area contributed by atoms with Crippen molar-refractivity contribution in [3.63, 3.8) is 0 Å². The van der Waals surface area contributed by atoms with Gasteiger partial charge in [0, 0.05) is 26.6 Å². The van der Waals surface area contributed by atoms with Crippen LogP contribution in [0.2, 0.25) is 0 Å². The number of carbonyl (C=O) groups excluding carboxylic acids is 3. The Morgan fingerprint density at radius 1 is 1.05 bits per heavy atom. The molecule has 0 saturated carbocycles. The molecule has 0 spiro atoms. The van der Waals surface area contributed by atoms with Gasteiger partial charge >= 0.3 is 0 Å². The lowest BCUT2D eigenvalue weighted by Crippen LogP contribution is -2.42. The molecule has 120 valence electrons. The van der Waals surface area contributed by atoms with Crippen molar-refractivity contribution in [3.8, 4) is 0 Å². The molecule has 0 aliphatic carbocycles. The van der Waals surface area contributed by atoms with Gasteiger partial charge in [-0.15, -0.1) is 0 Å². The number of carbonyl (C=O) groups is 3. The highest BCUT2D eigenvalue weighted by Crippen LogP contribution is 1.96. The third kappa shape index (κ3) is 8.21. The lowest BCUT2D eigenvalue weighted by Gasteiger charge is -2.20. The van der Waals surface area contributed by atoms with Crippen LogP contribution in [-0.2, 0) is 14.4 Å². The molecule has 0 bridgehead atoms. The molecule has 0 rings (SSSR count). The Balaban J connectivity index is 4.20. The summed E-state index contributed by atoms with van der Waals surface area (Å²) < 4.78 is 0. The normalized spacial score (nSPS) is 11.2. The van der Waals surface area contributed by atoms with Gasteiger partial charge in [-0.1, -0.05) is 19.9 Å². The standard InChI is InChI=1S/C14H25N3O4/c1-11(2)12(18)7-6-8-16(5)9-14(20)17(21)10-13(19)15(3)4/h6-7,11,21H,8-10H2,1-5H3/b7-6+. The third-order valence-corrected chi connectivity index (χ3v) is 2.75. The number of nitrogens with zero attached hydrogens (tertiary/aromatic N) is 3. The van der Waals surface area contributed by atoms with Gasteiger partial charge in [-0.3, -0.25) is 24.5 Å². The lowest BCUT2D eigenvalue weighted by atomic mass is 10.1. The Morgan fingerprint density at radius 2 is 1.62 bits per heavy atom. The summed E-state index contributed by atoms with van der Waals surface area (Å²) in [7, 11) is 4.77. The molecule has 7 nitrogen and oxygen atoms in total. The molecule has 7 heteroatoms. The van der Waals surface area contributed by atoms with Gasteiger partial charge in [0.2, 0.25) is 5.91 Å². The number of likely N-dealkylation sites (N-methyl/N-ethyl adjacent to an activating group) is 2. The zero-order valence-electron chi connectivity index (χ0n) is 13.4. The maximum Gasteiger partial charge on any atom is 0.260 e. The van der Waals surface area contributed by atoms with Crippen LogP contribution >= 0.6 is 0 Å². The van der Waals surface area contributed by atoms with Crippen LogP contribution in [0.1, 0.15) is 13.8 Å². The van der Waals surface area contributed by atoms with Crippen LogP contribution in [0.5, 0.6) is 0 Å². The number of hydroxylamine groups is 2. The number of allylic oxidation sites excluding steroid dienone is 1. The van der Waals surface area contributed by atoms with Crippen molar-refractivity contribution in [2.45, 2.75) is 13.8 Å². The number of amides is 2. The monoisotopic (exact) mass is 299 g/mol. The van der Waals surface area contributed by atoms with Gasteiger partial charge in [-0.05, 0) is 13.1 Å². The summed E-state index contributed by atoms with van der Waals surface area (Å²) in [5.74, 6) is -0.972. The Morgan fingerprint density at radius 3 is 2.10 bits per heavy atom. The average molecular weight is 299 g/mol. The molecule has 2 amide bonds. The molecule has 0 saturated heterocycles. The molecule has 0 aromatic rings. The van der Waals surface area contributed by atoms with Gasteiger partial charge in [0.05, 0.1) is 6.54 Å². The van der Waals surface area contributed by atoms with Crippen molar-refractivity contribution in [2.75, 3.05) is 40.8 Å². The second-order valence-corrected chi connectivity index (χ2v) is 5.40. The molecule has 0 aromatic carbocycles. The lowest BCUT2D eigenvalue weighted by molar-refractivity contribution is -0.171. The molecule has 0 aromatic heterocycles. The zero-order chi connectivity index (χ0) is 16.6. The van der Waals surface area contributed by atoms with E-state index in [2.05, 4.69) is 0 Å². The highest BCUT2D eigenvalue weighted by atomic mass is 16.5. The van der Waals surface area contributed by atoms with Crippen molar-refractivity contribution in [2.24, 2.45) is 5.92 Å². The average Bonchev–Trinajstić information content (AvgIpc) is 2.37. The molecule has 0 unspecified atom stereocenters. The summed E-state index contributed by atoms with van der Waals surface area (Å²) in [5.41, 5.74) is 0. The summed E-state index contributed by atoms with van der Waals surface area (Å²) in [6.07, 6.45) is 3.15. The quantitative estimate of drug-likeness (QED) is 0.388. The van der Waals surface area contributed by atoms with E-state index < -0.39 is 5.91 Å². The summed E-state index contributed by atoms with van der Waals surface area (Å²) in [5, 5.41) is 9.91. The largest absolute Gasteiger partial charge is 0.347 e. The van der Waals surface area contributed by atoms with E-state index in [-0.39, 0.29) is 30.7 Å². The summed E-state index contributed by atoms with van der Waals surface area (Å²) in [4.78, 5) is 37.4. The molecular weight excluding hydrogens is 274 g/mol. The fourth-order valence-electron chi connectivity index (χ4n) is 1.28. The number of hydrogen-bond donors (Lipinski definition) is 1. The Kier molecular flexibility index (Phi) is 8.49. The van der Waals surface area contributed by atoms with Crippen LogP contribution in [0.4, 0.5) is 0 Å². The first kappa shape index (κ1) is 19.3. The summed E-state index contributed by atoms with van der Waals surface area (Å²) in [6, 6.07) is 0. The van der Waals surface area contributed by atoms with Crippen LogP contribution in [0, 0.1) is 5.92 Å². The van der Waals surface area contributed by atoms with Crippen molar-refractivity contribution >= 4 is 17.6 Å². The second kappa shape index (κ2) is 9.25. The molecule has 0 atom stereocenters. The molecule has 0 fully saturated rings. The van der Waals surface area contributed by atoms with Gasteiger partial charge in [-0.2, -0.15) is 0 Å². The zero-order valence-corrected chi connectivity index (χ0v) is 13.4. The highest BCUT2D eigenvalue weighted by Gasteiger charge is 2.17. The predicted octanol–water partition coefficient (Wildman–Crippen LogP) is 0.00550. The van der Waals surface area contributed by atoms with E-state index in [1.54, 1.807) is 32.1 Å². The maximum absolute atomic E-state index is 11.7. The molecule has 0 aliphatic rings.